The van der Waals surface area contributed by atoms with E-state index in [1.54, 1.807) is 25.2 Å². The molecule has 0 bridgehead atoms. The number of nitrogens with zero attached hydrogens (tertiary/aromatic N) is 2. The van der Waals surface area contributed by atoms with E-state index in [2.05, 4.69) is 6.07 Å². The standard InChI is InChI=1S/C14H19N3O/c1-10(2)12(16)8-14(18)17(3)13-7-5-4-6-11(13)9-15/h4-7,10,12H,8,16H2,1-3H3. The average Bonchev–Trinajstić information content (AvgIpc) is 2.37. The van der Waals surface area contributed by atoms with Gasteiger partial charge in [-0.3, -0.25) is 4.79 Å². The molecule has 1 atom stereocenters. The Bertz CT molecular complexity index is 462. The fourth-order valence-corrected chi connectivity index (χ4v) is 1.57. The van der Waals surface area contributed by atoms with Crippen LogP contribution < -0.4 is 10.6 Å². The Morgan fingerprint density at radius 2 is 2.06 bits per heavy atom. The number of carbonyl (C=O) groups excluding carboxylic acids is 1. The molecule has 0 spiro atoms. The Balaban J connectivity index is 2.84. The molecule has 18 heavy (non-hydrogen) atoms. The normalized spacial score (nSPS) is 12.0. The molecule has 96 valence electrons. The molecule has 1 aromatic rings. The van der Waals surface area contributed by atoms with Crippen molar-refractivity contribution in [1.82, 2.24) is 0 Å². The summed E-state index contributed by atoms with van der Waals surface area (Å²) in [5, 5.41) is 9.01. The SMILES string of the molecule is CC(C)C(N)CC(=O)N(C)c1ccccc1C#N. The lowest BCUT2D eigenvalue weighted by molar-refractivity contribution is -0.118. The lowest BCUT2D eigenvalue weighted by Gasteiger charge is -2.22. The number of carbonyl (C=O) groups is 1. The summed E-state index contributed by atoms with van der Waals surface area (Å²) in [6.45, 7) is 3.97. The van der Waals surface area contributed by atoms with Crippen molar-refractivity contribution >= 4 is 11.6 Å². The van der Waals surface area contributed by atoms with Gasteiger partial charge < -0.3 is 10.6 Å². The molecule has 4 heteroatoms. The molecule has 4 nitrogen and oxygen atoms in total. The molecule has 0 aromatic heterocycles. The second-order valence-corrected chi connectivity index (χ2v) is 4.69. The van der Waals surface area contributed by atoms with Gasteiger partial charge in [0.25, 0.3) is 0 Å². The van der Waals surface area contributed by atoms with Gasteiger partial charge in [-0.05, 0) is 18.1 Å². The van der Waals surface area contributed by atoms with Crippen LogP contribution in [0.15, 0.2) is 24.3 Å². The minimum Gasteiger partial charge on any atom is -0.327 e. The number of rotatable bonds is 4. The topological polar surface area (TPSA) is 70.1 Å². The predicted octanol–water partition coefficient (Wildman–Crippen LogP) is 1.89. The average molecular weight is 245 g/mol. The number of nitriles is 1. The molecule has 0 heterocycles. The highest BCUT2D eigenvalue weighted by molar-refractivity contribution is 5.94. The molecular weight excluding hydrogens is 226 g/mol. The van der Waals surface area contributed by atoms with E-state index in [4.69, 9.17) is 11.0 Å². The molecular formula is C14H19N3O. The van der Waals surface area contributed by atoms with Crippen molar-refractivity contribution in [2.75, 3.05) is 11.9 Å². The Labute approximate surface area is 108 Å². The van der Waals surface area contributed by atoms with Crippen LogP contribution in [0.1, 0.15) is 25.8 Å². The van der Waals surface area contributed by atoms with E-state index in [1.165, 1.54) is 4.90 Å². The van der Waals surface area contributed by atoms with Crippen molar-refractivity contribution in [2.45, 2.75) is 26.3 Å². The van der Waals surface area contributed by atoms with Gasteiger partial charge in [-0.25, -0.2) is 0 Å². The number of anilines is 1. The zero-order valence-corrected chi connectivity index (χ0v) is 11.1. The smallest absolute Gasteiger partial charge is 0.228 e. The predicted molar refractivity (Wildman–Crippen MR) is 72.0 cm³/mol. The van der Waals surface area contributed by atoms with Gasteiger partial charge in [-0.15, -0.1) is 0 Å². The first-order valence-electron chi connectivity index (χ1n) is 5.98. The summed E-state index contributed by atoms with van der Waals surface area (Å²) in [5.41, 5.74) is 7.01. The molecule has 0 saturated carbocycles. The van der Waals surface area contributed by atoms with Crippen LogP contribution >= 0.6 is 0 Å². The fraction of sp³-hybridized carbons (Fsp3) is 0.429. The summed E-state index contributed by atoms with van der Waals surface area (Å²) < 4.78 is 0. The van der Waals surface area contributed by atoms with Crippen LogP contribution in [0.5, 0.6) is 0 Å². The number of benzene rings is 1. The molecule has 2 N–H and O–H groups in total. The van der Waals surface area contributed by atoms with Gasteiger partial charge >= 0.3 is 0 Å². The highest BCUT2D eigenvalue weighted by Gasteiger charge is 2.18. The van der Waals surface area contributed by atoms with E-state index < -0.39 is 0 Å². The molecule has 1 rings (SSSR count). The van der Waals surface area contributed by atoms with E-state index in [0.717, 1.165) is 0 Å². The van der Waals surface area contributed by atoms with Crippen molar-refractivity contribution in [3.63, 3.8) is 0 Å². The highest BCUT2D eigenvalue weighted by Crippen LogP contribution is 2.19. The summed E-state index contributed by atoms with van der Waals surface area (Å²) >= 11 is 0. The molecule has 0 aliphatic carbocycles. The maximum atomic E-state index is 12.1. The van der Waals surface area contributed by atoms with Gasteiger partial charge in [-0.2, -0.15) is 5.26 Å². The minimum absolute atomic E-state index is 0.0705. The van der Waals surface area contributed by atoms with Crippen molar-refractivity contribution < 1.29 is 4.79 Å². The summed E-state index contributed by atoms with van der Waals surface area (Å²) in [6.07, 6.45) is 0.286. The molecule has 0 radical (unpaired) electrons. The van der Waals surface area contributed by atoms with Crippen molar-refractivity contribution in [3.8, 4) is 6.07 Å². The first-order valence-corrected chi connectivity index (χ1v) is 5.98. The third kappa shape index (κ3) is 3.31. The largest absolute Gasteiger partial charge is 0.327 e. The lowest BCUT2D eigenvalue weighted by atomic mass is 10.0. The highest BCUT2D eigenvalue weighted by atomic mass is 16.2. The number of hydrogen-bond acceptors (Lipinski definition) is 3. The summed E-state index contributed by atoms with van der Waals surface area (Å²) in [4.78, 5) is 13.6. The number of para-hydroxylation sites is 1. The third-order valence-electron chi connectivity index (χ3n) is 3.03. The fourth-order valence-electron chi connectivity index (χ4n) is 1.57. The third-order valence-corrected chi connectivity index (χ3v) is 3.03. The first-order chi connectivity index (χ1) is 8.47. The van der Waals surface area contributed by atoms with Crippen LogP contribution in [-0.2, 0) is 4.79 Å². The number of hydrogen-bond donors (Lipinski definition) is 1. The van der Waals surface area contributed by atoms with Crippen LogP contribution in [0.3, 0.4) is 0 Å². The molecule has 1 unspecified atom stereocenters. The second kappa shape index (κ2) is 6.18. The van der Waals surface area contributed by atoms with E-state index in [1.807, 2.05) is 19.9 Å². The van der Waals surface area contributed by atoms with Crippen molar-refractivity contribution in [3.05, 3.63) is 29.8 Å². The molecule has 0 saturated heterocycles. The maximum absolute atomic E-state index is 12.1. The molecule has 0 aliphatic heterocycles. The molecule has 0 fully saturated rings. The Morgan fingerprint density at radius 3 is 2.61 bits per heavy atom. The van der Waals surface area contributed by atoms with Crippen molar-refractivity contribution in [1.29, 1.82) is 5.26 Å². The van der Waals surface area contributed by atoms with Gasteiger partial charge in [0.2, 0.25) is 5.91 Å². The second-order valence-electron chi connectivity index (χ2n) is 4.69. The molecule has 0 aliphatic rings. The minimum atomic E-state index is -0.158. The Morgan fingerprint density at radius 1 is 1.44 bits per heavy atom. The summed E-state index contributed by atoms with van der Waals surface area (Å²) in [6, 6.07) is 8.97. The van der Waals surface area contributed by atoms with E-state index >= 15 is 0 Å². The molecule has 1 amide bonds. The van der Waals surface area contributed by atoms with Gasteiger partial charge in [0.1, 0.15) is 6.07 Å². The van der Waals surface area contributed by atoms with Crippen LogP contribution in [0.4, 0.5) is 5.69 Å². The lowest BCUT2D eigenvalue weighted by Crippen LogP contribution is -2.36. The Hall–Kier alpha value is -1.86. The number of nitrogens with two attached hydrogens (primary N) is 1. The van der Waals surface area contributed by atoms with E-state index in [0.29, 0.717) is 11.3 Å². The maximum Gasteiger partial charge on any atom is 0.228 e. The van der Waals surface area contributed by atoms with Gasteiger partial charge in [0, 0.05) is 19.5 Å². The summed E-state index contributed by atoms with van der Waals surface area (Å²) in [7, 11) is 1.67. The van der Waals surface area contributed by atoms with Gasteiger partial charge in [0.05, 0.1) is 11.3 Å². The van der Waals surface area contributed by atoms with Crippen LogP contribution in [0.2, 0.25) is 0 Å². The van der Waals surface area contributed by atoms with Gasteiger partial charge in [0.15, 0.2) is 0 Å². The number of amides is 1. The zero-order valence-electron chi connectivity index (χ0n) is 11.1. The quantitative estimate of drug-likeness (QED) is 0.880. The van der Waals surface area contributed by atoms with Crippen LogP contribution in [0, 0.1) is 17.2 Å². The Kier molecular flexibility index (Phi) is 4.87. The van der Waals surface area contributed by atoms with E-state index in [9.17, 15) is 4.79 Å². The van der Waals surface area contributed by atoms with Crippen molar-refractivity contribution in [2.24, 2.45) is 11.7 Å². The monoisotopic (exact) mass is 245 g/mol. The zero-order chi connectivity index (χ0) is 13.7. The molecule has 1 aromatic carbocycles. The van der Waals surface area contributed by atoms with Crippen LogP contribution in [0.25, 0.3) is 0 Å². The first kappa shape index (κ1) is 14.2. The summed E-state index contributed by atoms with van der Waals surface area (Å²) in [5.74, 6) is 0.187. The van der Waals surface area contributed by atoms with Crippen LogP contribution in [-0.4, -0.2) is 19.0 Å². The van der Waals surface area contributed by atoms with E-state index in [-0.39, 0.29) is 24.3 Å². The van der Waals surface area contributed by atoms with Gasteiger partial charge in [-0.1, -0.05) is 26.0 Å².